The second-order valence-corrected chi connectivity index (χ2v) is 4.74. The maximum absolute atomic E-state index is 13.2. The molecule has 1 aromatic carbocycles. The molecule has 1 atom stereocenters. The van der Waals surface area contributed by atoms with E-state index in [4.69, 9.17) is 0 Å². The first-order chi connectivity index (χ1) is 9.69. The summed E-state index contributed by atoms with van der Waals surface area (Å²) in [6, 6.07) is 4.74. The zero-order chi connectivity index (χ0) is 14.5. The number of imidazole rings is 1. The Morgan fingerprint density at radius 1 is 1.35 bits per heavy atom. The number of H-pyrrole nitrogens is 1. The fourth-order valence-corrected chi connectivity index (χ4v) is 2.44. The summed E-state index contributed by atoms with van der Waals surface area (Å²) in [5.41, 5.74) is 1.52. The summed E-state index contributed by atoms with van der Waals surface area (Å²) >= 11 is 0. The summed E-state index contributed by atoms with van der Waals surface area (Å²) in [7, 11) is 0. The van der Waals surface area contributed by atoms with Crippen molar-refractivity contribution in [3.63, 3.8) is 0 Å². The summed E-state index contributed by atoms with van der Waals surface area (Å²) in [6.45, 7) is 11.2. The van der Waals surface area contributed by atoms with Crippen LogP contribution in [-0.4, -0.2) is 28.0 Å². The molecule has 4 heteroatoms. The molecule has 0 aliphatic carbocycles. The van der Waals surface area contributed by atoms with Crippen molar-refractivity contribution in [1.82, 2.24) is 14.9 Å². The van der Waals surface area contributed by atoms with Crippen LogP contribution < -0.4 is 0 Å². The molecule has 0 bridgehead atoms. The van der Waals surface area contributed by atoms with Gasteiger partial charge in [-0.15, -0.1) is 13.2 Å². The Hall–Kier alpha value is -1.94. The number of nitrogens with zero attached hydrogens (tertiary/aromatic N) is 2. The highest BCUT2D eigenvalue weighted by Crippen LogP contribution is 2.24. The largest absolute Gasteiger partial charge is 0.341 e. The highest BCUT2D eigenvalue weighted by Gasteiger charge is 2.20. The van der Waals surface area contributed by atoms with Gasteiger partial charge in [0, 0.05) is 13.1 Å². The summed E-state index contributed by atoms with van der Waals surface area (Å²) in [6.07, 6.45) is 4.65. The van der Waals surface area contributed by atoms with E-state index in [1.807, 2.05) is 12.2 Å². The number of fused-ring (bicyclic) bond motifs is 1. The van der Waals surface area contributed by atoms with Gasteiger partial charge in [-0.3, -0.25) is 4.90 Å². The maximum Gasteiger partial charge on any atom is 0.125 e. The highest BCUT2D eigenvalue weighted by atomic mass is 19.1. The number of rotatable bonds is 7. The van der Waals surface area contributed by atoms with Crippen LogP contribution in [0.15, 0.2) is 43.5 Å². The Bertz CT molecular complexity index is 593. The van der Waals surface area contributed by atoms with Gasteiger partial charge in [0.1, 0.15) is 11.6 Å². The standard InChI is InChI=1S/C16H20FN3/c1-4-9-20(10-5-2)15(6-3)16-18-13-8-7-12(17)11-14(13)19-16/h4-5,7-8,11,15H,1-2,6,9-10H2,3H3,(H,18,19). The summed E-state index contributed by atoms with van der Waals surface area (Å²) in [5.74, 6) is 0.603. The minimum Gasteiger partial charge on any atom is -0.341 e. The van der Waals surface area contributed by atoms with Crippen molar-refractivity contribution in [3.05, 3.63) is 55.2 Å². The molecule has 2 aromatic rings. The van der Waals surface area contributed by atoms with Gasteiger partial charge < -0.3 is 4.98 Å². The number of aromatic nitrogens is 2. The maximum atomic E-state index is 13.2. The van der Waals surface area contributed by atoms with E-state index in [9.17, 15) is 4.39 Å². The fourth-order valence-electron chi connectivity index (χ4n) is 2.44. The van der Waals surface area contributed by atoms with Crippen LogP contribution in [0.4, 0.5) is 4.39 Å². The molecule has 0 amide bonds. The van der Waals surface area contributed by atoms with Crippen LogP contribution >= 0.6 is 0 Å². The van der Waals surface area contributed by atoms with Gasteiger partial charge in [0.05, 0.1) is 17.1 Å². The summed E-state index contributed by atoms with van der Waals surface area (Å²) in [5, 5.41) is 0. The zero-order valence-electron chi connectivity index (χ0n) is 11.8. The quantitative estimate of drug-likeness (QED) is 0.778. The Labute approximate surface area is 118 Å². The highest BCUT2D eigenvalue weighted by molar-refractivity contribution is 5.75. The zero-order valence-corrected chi connectivity index (χ0v) is 11.8. The Kier molecular flexibility index (Phi) is 4.69. The average Bonchev–Trinajstić information content (AvgIpc) is 2.82. The molecule has 1 unspecified atom stereocenters. The number of halogens is 1. The van der Waals surface area contributed by atoms with Crippen LogP contribution in [0.1, 0.15) is 25.2 Å². The van der Waals surface area contributed by atoms with Crippen molar-refractivity contribution in [2.24, 2.45) is 0 Å². The number of nitrogens with one attached hydrogen (secondary N) is 1. The van der Waals surface area contributed by atoms with Crippen LogP contribution in [-0.2, 0) is 0 Å². The number of aromatic amines is 1. The molecule has 2 rings (SSSR count). The second-order valence-electron chi connectivity index (χ2n) is 4.74. The second kappa shape index (κ2) is 6.48. The summed E-state index contributed by atoms with van der Waals surface area (Å²) < 4.78 is 13.2. The van der Waals surface area contributed by atoms with E-state index < -0.39 is 0 Å². The number of hydrogen-bond donors (Lipinski definition) is 1. The summed E-state index contributed by atoms with van der Waals surface area (Å²) in [4.78, 5) is 10.0. The Balaban J connectivity index is 2.36. The van der Waals surface area contributed by atoms with Crippen molar-refractivity contribution in [2.45, 2.75) is 19.4 Å². The molecule has 0 radical (unpaired) electrons. The predicted octanol–water partition coefficient (Wildman–Crippen LogP) is 3.83. The molecule has 20 heavy (non-hydrogen) atoms. The van der Waals surface area contributed by atoms with E-state index in [-0.39, 0.29) is 11.9 Å². The first-order valence-corrected chi connectivity index (χ1v) is 6.80. The molecule has 106 valence electrons. The normalized spacial score (nSPS) is 12.8. The van der Waals surface area contributed by atoms with Gasteiger partial charge >= 0.3 is 0 Å². The SMILES string of the molecule is C=CCN(CC=C)C(CC)c1nc2ccc(F)cc2[nH]1. The minimum absolute atomic E-state index is 0.140. The van der Waals surface area contributed by atoms with E-state index in [0.717, 1.165) is 36.4 Å². The van der Waals surface area contributed by atoms with Gasteiger partial charge in [0.15, 0.2) is 0 Å². The van der Waals surface area contributed by atoms with Crippen molar-refractivity contribution in [3.8, 4) is 0 Å². The minimum atomic E-state index is -0.255. The molecule has 0 fully saturated rings. The van der Waals surface area contributed by atoms with E-state index in [1.165, 1.54) is 12.1 Å². The van der Waals surface area contributed by atoms with E-state index in [0.29, 0.717) is 0 Å². The van der Waals surface area contributed by atoms with Crippen LogP contribution in [0.25, 0.3) is 11.0 Å². The van der Waals surface area contributed by atoms with Gasteiger partial charge in [-0.2, -0.15) is 0 Å². The van der Waals surface area contributed by atoms with Crippen molar-refractivity contribution in [1.29, 1.82) is 0 Å². The van der Waals surface area contributed by atoms with Crippen LogP contribution in [0.5, 0.6) is 0 Å². The third-order valence-electron chi connectivity index (χ3n) is 3.33. The van der Waals surface area contributed by atoms with Gasteiger partial charge in [-0.25, -0.2) is 9.37 Å². The van der Waals surface area contributed by atoms with Crippen molar-refractivity contribution in [2.75, 3.05) is 13.1 Å². The molecule has 0 spiro atoms. The van der Waals surface area contributed by atoms with Gasteiger partial charge in [0.2, 0.25) is 0 Å². The Morgan fingerprint density at radius 3 is 2.65 bits per heavy atom. The van der Waals surface area contributed by atoms with E-state index >= 15 is 0 Å². The number of hydrogen-bond acceptors (Lipinski definition) is 2. The van der Waals surface area contributed by atoms with Gasteiger partial charge in [-0.1, -0.05) is 19.1 Å². The molecule has 1 aromatic heterocycles. The van der Waals surface area contributed by atoms with E-state index in [1.54, 1.807) is 6.07 Å². The molecule has 0 aliphatic rings. The van der Waals surface area contributed by atoms with Crippen LogP contribution in [0, 0.1) is 5.82 Å². The van der Waals surface area contributed by atoms with Crippen LogP contribution in [0.3, 0.4) is 0 Å². The van der Waals surface area contributed by atoms with Gasteiger partial charge in [0.25, 0.3) is 0 Å². The lowest BCUT2D eigenvalue weighted by atomic mass is 10.1. The third-order valence-corrected chi connectivity index (χ3v) is 3.33. The molecule has 1 heterocycles. The Morgan fingerprint density at radius 2 is 2.05 bits per heavy atom. The first kappa shape index (κ1) is 14.5. The topological polar surface area (TPSA) is 31.9 Å². The predicted molar refractivity (Wildman–Crippen MR) is 81.1 cm³/mol. The molecule has 0 aliphatic heterocycles. The first-order valence-electron chi connectivity index (χ1n) is 6.80. The lowest BCUT2D eigenvalue weighted by Gasteiger charge is -2.27. The lowest BCUT2D eigenvalue weighted by molar-refractivity contribution is 0.229. The molecular weight excluding hydrogens is 253 g/mol. The smallest absolute Gasteiger partial charge is 0.125 e. The third kappa shape index (κ3) is 2.96. The number of benzene rings is 1. The van der Waals surface area contributed by atoms with Gasteiger partial charge in [-0.05, 0) is 24.6 Å². The molecule has 1 N–H and O–H groups in total. The van der Waals surface area contributed by atoms with Crippen molar-refractivity contribution < 1.29 is 4.39 Å². The molecular formula is C16H20FN3. The monoisotopic (exact) mass is 273 g/mol. The van der Waals surface area contributed by atoms with Crippen LogP contribution in [0.2, 0.25) is 0 Å². The molecule has 0 saturated heterocycles. The molecule has 0 saturated carbocycles. The fraction of sp³-hybridized carbons (Fsp3) is 0.312. The molecule has 3 nitrogen and oxygen atoms in total. The average molecular weight is 273 g/mol. The van der Waals surface area contributed by atoms with E-state index in [2.05, 4.69) is 34.9 Å². The lowest BCUT2D eigenvalue weighted by Crippen LogP contribution is -2.29. The van der Waals surface area contributed by atoms with Crippen molar-refractivity contribution >= 4 is 11.0 Å².